The summed E-state index contributed by atoms with van der Waals surface area (Å²) in [7, 11) is 1.58. The smallest absolute Gasteiger partial charge is 0.351 e. The Kier molecular flexibility index (Phi) is 7.08. The molecule has 0 aliphatic carbocycles. The topological polar surface area (TPSA) is 83.3 Å². The van der Waals surface area contributed by atoms with Gasteiger partial charge in [-0.15, -0.1) is 11.3 Å². The van der Waals surface area contributed by atoms with Gasteiger partial charge in [0.15, 0.2) is 6.10 Å². The maximum absolute atomic E-state index is 12.5. The number of rotatable bonds is 7. The van der Waals surface area contributed by atoms with E-state index in [1.54, 1.807) is 14.0 Å². The highest BCUT2D eigenvalue weighted by Gasteiger charge is 2.25. The van der Waals surface area contributed by atoms with Crippen molar-refractivity contribution in [1.29, 1.82) is 5.26 Å². The molecule has 1 aromatic carbocycles. The lowest BCUT2D eigenvalue weighted by Crippen LogP contribution is -2.37. The number of benzene rings is 1. The summed E-state index contributed by atoms with van der Waals surface area (Å²) in [5, 5.41) is 9.35. The molecule has 0 spiro atoms. The molecule has 1 aromatic heterocycles. The molecule has 7 heteroatoms. The summed E-state index contributed by atoms with van der Waals surface area (Å²) in [6.45, 7) is 5.68. The van der Waals surface area contributed by atoms with E-state index in [2.05, 4.69) is 11.9 Å². The first-order chi connectivity index (χ1) is 12.9. The number of esters is 1. The largest absolute Gasteiger partial charge is 0.448 e. The highest BCUT2D eigenvalue weighted by Crippen LogP contribution is 2.29. The van der Waals surface area contributed by atoms with Crippen molar-refractivity contribution >= 4 is 23.2 Å². The van der Waals surface area contributed by atoms with Gasteiger partial charge in [-0.25, -0.2) is 9.78 Å². The lowest BCUT2D eigenvalue weighted by atomic mass is 10.1. The zero-order valence-corrected chi connectivity index (χ0v) is 16.8. The second-order valence-electron chi connectivity index (χ2n) is 6.20. The van der Waals surface area contributed by atoms with Gasteiger partial charge >= 0.3 is 5.97 Å². The number of nitriles is 1. The molecule has 27 heavy (non-hydrogen) atoms. The Labute approximate surface area is 163 Å². The molecule has 2 aromatic rings. The molecule has 0 bridgehead atoms. The van der Waals surface area contributed by atoms with Gasteiger partial charge in [0, 0.05) is 19.2 Å². The van der Waals surface area contributed by atoms with Gasteiger partial charge < -0.3 is 9.64 Å². The van der Waals surface area contributed by atoms with E-state index in [4.69, 9.17) is 10.00 Å². The lowest BCUT2D eigenvalue weighted by molar-refractivity contribution is -0.138. The predicted molar refractivity (Wildman–Crippen MR) is 104 cm³/mol. The second-order valence-corrected chi connectivity index (χ2v) is 7.20. The fraction of sp³-hybridized carbons (Fsp3) is 0.400. The number of hydrogen-bond donors (Lipinski definition) is 0. The molecule has 6 nitrogen and oxygen atoms in total. The third-order valence-corrected chi connectivity index (χ3v) is 5.34. The van der Waals surface area contributed by atoms with Gasteiger partial charge in [-0.1, -0.05) is 31.2 Å². The predicted octanol–water partition coefficient (Wildman–Crippen LogP) is 3.60. The van der Waals surface area contributed by atoms with Crippen molar-refractivity contribution in [3.63, 3.8) is 0 Å². The molecular formula is C20H23N3O3S. The summed E-state index contributed by atoms with van der Waals surface area (Å²) < 4.78 is 5.32. The van der Waals surface area contributed by atoms with Crippen LogP contribution in [-0.4, -0.2) is 41.5 Å². The van der Waals surface area contributed by atoms with Crippen LogP contribution in [-0.2, 0) is 16.0 Å². The zero-order valence-electron chi connectivity index (χ0n) is 16.0. The number of likely N-dealkylation sites (N-methyl/N-ethyl adjacent to an activating group) is 1. The Morgan fingerprint density at radius 2 is 2.00 bits per heavy atom. The Morgan fingerprint density at radius 3 is 2.59 bits per heavy atom. The van der Waals surface area contributed by atoms with E-state index >= 15 is 0 Å². The van der Waals surface area contributed by atoms with Crippen LogP contribution in [0.25, 0.3) is 10.6 Å². The maximum Gasteiger partial charge on any atom is 0.351 e. The van der Waals surface area contributed by atoms with Gasteiger partial charge in [0.05, 0.1) is 18.2 Å². The average Bonchev–Trinajstić information content (AvgIpc) is 3.07. The molecule has 1 atom stereocenters. The highest BCUT2D eigenvalue weighted by atomic mass is 32.1. The van der Waals surface area contributed by atoms with Crippen LogP contribution in [0.3, 0.4) is 0 Å². The molecule has 1 amide bonds. The molecule has 0 fully saturated rings. The fourth-order valence-electron chi connectivity index (χ4n) is 2.50. The van der Waals surface area contributed by atoms with E-state index in [0.717, 1.165) is 17.0 Å². The number of carbonyl (C=O) groups excluding carboxylic acids is 2. The molecule has 2 rings (SSSR count). The molecule has 0 unspecified atom stereocenters. The maximum atomic E-state index is 12.5. The van der Waals surface area contributed by atoms with Crippen molar-refractivity contribution < 1.29 is 14.3 Å². The number of thiazole rings is 1. The fourth-order valence-corrected chi connectivity index (χ4v) is 3.45. The summed E-state index contributed by atoms with van der Waals surface area (Å²) in [4.78, 5) is 31.0. The van der Waals surface area contributed by atoms with E-state index in [1.165, 1.54) is 28.7 Å². The molecule has 0 aliphatic heterocycles. The average molecular weight is 385 g/mol. The number of aryl methyl sites for hydroxylation is 2. The number of nitrogens with zero attached hydrogens (tertiary/aromatic N) is 3. The number of ether oxygens (including phenoxy) is 1. The van der Waals surface area contributed by atoms with Crippen LogP contribution in [0.15, 0.2) is 24.3 Å². The molecule has 0 aliphatic rings. The number of aromatic nitrogens is 1. The summed E-state index contributed by atoms with van der Waals surface area (Å²) in [5.41, 5.74) is 2.76. The summed E-state index contributed by atoms with van der Waals surface area (Å²) in [6.07, 6.45) is 0.274. The van der Waals surface area contributed by atoms with Gasteiger partial charge in [-0.3, -0.25) is 4.79 Å². The number of carbonyl (C=O) groups is 2. The van der Waals surface area contributed by atoms with E-state index in [9.17, 15) is 9.59 Å². The third-order valence-electron chi connectivity index (χ3n) is 4.16. The van der Waals surface area contributed by atoms with Crippen molar-refractivity contribution in [3.8, 4) is 16.6 Å². The standard InChI is InChI=1S/C20H23N3O3S/c1-5-15-7-9-16(10-8-15)18-22-13(2)17(27-18)20(25)26-14(3)19(24)23(4)12-6-11-21/h7-10,14H,5-6,12H2,1-4H3/t14-/m1/s1. The van der Waals surface area contributed by atoms with Crippen LogP contribution in [0.5, 0.6) is 0 Å². The Bertz CT molecular complexity index is 852. The Morgan fingerprint density at radius 1 is 1.33 bits per heavy atom. The van der Waals surface area contributed by atoms with Crippen LogP contribution in [0.1, 0.15) is 41.2 Å². The highest BCUT2D eigenvalue weighted by molar-refractivity contribution is 7.17. The normalized spacial score (nSPS) is 11.5. The molecule has 1 heterocycles. The van der Waals surface area contributed by atoms with Crippen LogP contribution in [0.2, 0.25) is 0 Å². The Hall–Kier alpha value is -2.72. The minimum atomic E-state index is -0.921. The summed E-state index contributed by atoms with van der Waals surface area (Å²) in [5.74, 6) is -0.896. The quantitative estimate of drug-likeness (QED) is 0.680. The van der Waals surface area contributed by atoms with Crippen molar-refractivity contribution in [2.24, 2.45) is 0 Å². The van der Waals surface area contributed by atoms with Crippen LogP contribution in [0, 0.1) is 18.3 Å². The van der Waals surface area contributed by atoms with E-state index < -0.39 is 12.1 Å². The number of amides is 1. The first-order valence-corrected chi connectivity index (χ1v) is 9.58. The first-order valence-electron chi connectivity index (χ1n) is 8.77. The molecule has 142 valence electrons. The van der Waals surface area contributed by atoms with Crippen molar-refractivity contribution in [2.75, 3.05) is 13.6 Å². The number of hydrogen-bond acceptors (Lipinski definition) is 6. The molecule has 0 radical (unpaired) electrons. The van der Waals surface area contributed by atoms with Gasteiger partial charge in [0.1, 0.15) is 9.88 Å². The minimum Gasteiger partial charge on any atom is -0.448 e. The van der Waals surface area contributed by atoms with Crippen LogP contribution >= 0.6 is 11.3 Å². The monoisotopic (exact) mass is 385 g/mol. The van der Waals surface area contributed by atoms with E-state index in [1.807, 2.05) is 30.3 Å². The molecule has 0 saturated heterocycles. The van der Waals surface area contributed by atoms with E-state index in [0.29, 0.717) is 17.1 Å². The Balaban J connectivity index is 2.09. The third kappa shape index (κ3) is 5.14. The first kappa shape index (κ1) is 20.6. The SMILES string of the molecule is CCc1ccc(-c2nc(C)c(C(=O)O[C@H](C)C(=O)N(C)CCC#N)s2)cc1. The molecule has 0 N–H and O–H groups in total. The van der Waals surface area contributed by atoms with E-state index in [-0.39, 0.29) is 12.3 Å². The zero-order chi connectivity index (χ0) is 20.0. The minimum absolute atomic E-state index is 0.233. The van der Waals surface area contributed by atoms with Crippen LogP contribution in [0.4, 0.5) is 0 Å². The van der Waals surface area contributed by atoms with Gasteiger partial charge in [0.25, 0.3) is 5.91 Å². The van der Waals surface area contributed by atoms with Crippen molar-refractivity contribution in [3.05, 3.63) is 40.4 Å². The molecule has 0 saturated carbocycles. The van der Waals surface area contributed by atoms with Gasteiger partial charge in [-0.2, -0.15) is 5.26 Å². The van der Waals surface area contributed by atoms with Gasteiger partial charge in [-0.05, 0) is 25.8 Å². The molecular weight excluding hydrogens is 362 g/mol. The van der Waals surface area contributed by atoms with Crippen LogP contribution < -0.4 is 0 Å². The lowest BCUT2D eigenvalue weighted by Gasteiger charge is -2.20. The summed E-state index contributed by atoms with van der Waals surface area (Å²) >= 11 is 1.26. The summed E-state index contributed by atoms with van der Waals surface area (Å²) in [6, 6.07) is 10.0. The van der Waals surface area contributed by atoms with Crippen molar-refractivity contribution in [2.45, 2.75) is 39.7 Å². The second kappa shape index (κ2) is 9.28. The van der Waals surface area contributed by atoms with Crippen molar-refractivity contribution in [1.82, 2.24) is 9.88 Å². The van der Waals surface area contributed by atoms with Gasteiger partial charge in [0.2, 0.25) is 0 Å².